The van der Waals surface area contributed by atoms with Crippen molar-refractivity contribution >= 4 is 50.6 Å². The highest BCUT2D eigenvalue weighted by Crippen LogP contribution is 2.36. The smallest absolute Gasteiger partial charge is 0.337 e. The van der Waals surface area contributed by atoms with Gasteiger partial charge in [0.25, 0.3) is 5.91 Å². The SMILES string of the molecule is COC(=O)c1cccc(C(=O)N2CC=C(C3Cc4c(Nc5ccc6ncsc6c5)ccnc4N3)CC2)c1. The number of hydrogen-bond donors (Lipinski definition) is 2. The zero-order valence-electron chi connectivity index (χ0n) is 20.2. The van der Waals surface area contributed by atoms with Crippen molar-refractivity contribution in [3.63, 3.8) is 0 Å². The van der Waals surface area contributed by atoms with Crippen LogP contribution in [0.2, 0.25) is 0 Å². The van der Waals surface area contributed by atoms with E-state index in [1.165, 1.54) is 12.7 Å². The Kier molecular flexibility index (Phi) is 6.05. The third-order valence-electron chi connectivity index (χ3n) is 6.89. The van der Waals surface area contributed by atoms with Gasteiger partial charge in [0.2, 0.25) is 0 Å². The first-order valence-corrected chi connectivity index (χ1v) is 13.0. The average Bonchev–Trinajstić information content (AvgIpc) is 3.60. The van der Waals surface area contributed by atoms with Crippen LogP contribution in [0.5, 0.6) is 0 Å². The molecule has 2 aromatic heterocycles. The molecule has 186 valence electrons. The van der Waals surface area contributed by atoms with Gasteiger partial charge < -0.3 is 20.3 Å². The summed E-state index contributed by atoms with van der Waals surface area (Å²) in [7, 11) is 1.33. The number of ether oxygens (including phenoxy) is 1. The van der Waals surface area contributed by atoms with E-state index in [1.54, 1.807) is 35.6 Å². The second-order valence-electron chi connectivity index (χ2n) is 9.10. The summed E-state index contributed by atoms with van der Waals surface area (Å²) in [5, 5.41) is 7.14. The molecule has 0 spiro atoms. The van der Waals surface area contributed by atoms with Crippen molar-refractivity contribution in [1.29, 1.82) is 0 Å². The molecule has 6 rings (SSSR count). The molecule has 2 aromatic carbocycles. The van der Waals surface area contributed by atoms with Gasteiger partial charge in [0.1, 0.15) is 5.82 Å². The highest BCUT2D eigenvalue weighted by Gasteiger charge is 2.29. The van der Waals surface area contributed by atoms with E-state index in [9.17, 15) is 9.59 Å². The van der Waals surface area contributed by atoms with E-state index in [-0.39, 0.29) is 11.9 Å². The number of aromatic nitrogens is 2. The molecular formula is C28H25N5O3S. The molecule has 0 fully saturated rings. The Morgan fingerprint density at radius 1 is 1.14 bits per heavy atom. The number of esters is 1. The van der Waals surface area contributed by atoms with Crippen LogP contribution >= 0.6 is 11.3 Å². The second-order valence-corrected chi connectivity index (χ2v) is 9.99. The number of nitrogens with one attached hydrogen (secondary N) is 2. The number of benzene rings is 2. The molecule has 0 bridgehead atoms. The first kappa shape index (κ1) is 23.2. The number of rotatable bonds is 5. The zero-order valence-corrected chi connectivity index (χ0v) is 21.0. The Bertz CT molecular complexity index is 1550. The highest BCUT2D eigenvalue weighted by molar-refractivity contribution is 7.16. The average molecular weight is 512 g/mol. The lowest BCUT2D eigenvalue weighted by Crippen LogP contribution is -2.37. The largest absolute Gasteiger partial charge is 0.465 e. The molecule has 9 heteroatoms. The maximum absolute atomic E-state index is 13.1. The number of carbonyl (C=O) groups excluding carboxylic acids is 2. The maximum Gasteiger partial charge on any atom is 0.337 e. The Morgan fingerprint density at radius 2 is 2.03 bits per heavy atom. The maximum atomic E-state index is 13.1. The van der Waals surface area contributed by atoms with Crippen LogP contribution in [0.4, 0.5) is 17.2 Å². The van der Waals surface area contributed by atoms with Gasteiger partial charge in [-0.2, -0.15) is 0 Å². The molecule has 2 aliphatic rings. The fourth-order valence-electron chi connectivity index (χ4n) is 4.94. The van der Waals surface area contributed by atoms with Crippen LogP contribution in [-0.4, -0.2) is 53.0 Å². The van der Waals surface area contributed by atoms with Crippen LogP contribution < -0.4 is 10.6 Å². The van der Waals surface area contributed by atoms with Crippen molar-refractivity contribution in [3.05, 3.63) is 88.6 Å². The predicted octanol–water partition coefficient (Wildman–Crippen LogP) is 5.03. The third kappa shape index (κ3) is 4.53. The molecule has 8 nitrogen and oxygen atoms in total. The predicted molar refractivity (Wildman–Crippen MR) is 145 cm³/mol. The Hall–Kier alpha value is -4.24. The number of carbonyl (C=O) groups is 2. The quantitative estimate of drug-likeness (QED) is 0.287. The van der Waals surface area contributed by atoms with Gasteiger partial charge in [-0.1, -0.05) is 12.1 Å². The van der Waals surface area contributed by atoms with Crippen molar-refractivity contribution in [2.24, 2.45) is 0 Å². The Labute approximate surface area is 218 Å². The van der Waals surface area contributed by atoms with Crippen LogP contribution in [0.3, 0.4) is 0 Å². The number of methoxy groups -OCH3 is 1. The number of thiazole rings is 1. The van der Waals surface area contributed by atoms with Gasteiger partial charge >= 0.3 is 5.97 Å². The van der Waals surface area contributed by atoms with E-state index < -0.39 is 5.97 Å². The highest BCUT2D eigenvalue weighted by atomic mass is 32.1. The number of fused-ring (bicyclic) bond motifs is 2. The summed E-state index contributed by atoms with van der Waals surface area (Å²) in [6.45, 7) is 1.15. The molecule has 0 saturated carbocycles. The first-order valence-electron chi connectivity index (χ1n) is 12.1. The summed E-state index contributed by atoms with van der Waals surface area (Å²) in [6, 6.07) is 15.0. The minimum Gasteiger partial charge on any atom is -0.465 e. The van der Waals surface area contributed by atoms with Gasteiger partial charge in [-0.05, 0) is 54.5 Å². The molecule has 2 N–H and O–H groups in total. The van der Waals surface area contributed by atoms with Crippen molar-refractivity contribution in [2.45, 2.75) is 18.9 Å². The lowest BCUT2D eigenvalue weighted by molar-refractivity contribution is 0.0600. The molecule has 4 aromatic rings. The summed E-state index contributed by atoms with van der Waals surface area (Å²) < 4.78 is 5.93. The molecule has 0 saturated heterocycles. The molecule has 0 radical (unpaired) electrons. The lowest BCUT2D eigenvalue weighted by Gasteiger charge is -2.29. The van der Waals surface area contributed by atoms with Crippen molar-refractivity contribution in [1.82, 2.24) is 14.9 Å². The molecule has 1 unspecified atom stereocenters. The van der Waals surface area contributed by atoms with E-state index in [0.29, 0.717) is 24.2 Å². The van der Waals surface area contributed by atoms with E-state index in [0.717, 1.165) is 45.8 Å². The van der Waals surface area contributed by atoms with E-state index in [4.69, 9.17) is 4.74 Å². The standard InChI is InChI=1S/C28H25N5O3S/c1-36-28(35)19-4-2-3-18(13-19)27(34)33-11-8-17(9-12-33)24-15-21-22(7-10-29-26(21)32-24)31-20-5-6-23-25(14-20)37-16-30-23/h2-8,10,13-14,16,24H,9,11-12,15H2,1H3,(H2,29,31,32). The van der Waals surface area contributed by atoms with E-state index in [2.05, 4.69) is 32.7 Å². The summed E-state index contributed by atoms with van der Waals surface area (Å²) >= 11 is 1.63. The van der Waals surface area contributed by atoms with Crippen LogP contribution in [0, 0.1) is 0 Å². The zero-order chi connectivity index (χ0) is 25.4. The van der Waals surface area contributed by atoms with Crippen LogP contribution in [0.1, 0.15) is 32.7 Å². The van der Waals surface area contributed by atoms with Crippen LogP contribution in [-0.2, 0) is 11.2 Å². The van der Waals surface area contributed by atoms with Crippen molar-refractivity contribution < 1.29 is 14.3 Å². The molecule has 1 amide bonds. The summed E-state index contributed by atoms with van der Waals surface area (Å²) in [6.07, 6.45) is 5.56. The van der Waals surface area contributed by atoms with Crippen molar-refractivity contribution in [2.75, 3.05) is 30.8 Å². The molecule has 1 atom stereocenters. The van der Waals surface area contributed by atoms with E-state index in [1.807, 2.05) is 34.8 Å². The van der Waals surface area contributed by atoms with E-state index >= 15 is 0 Å². The molecule has 4 heterocycles. The van der Waals surface area contributed by atoms with Crippen molar-refractivity contribution in [3.8, 4) is 0 Å². The van der Waals surface area contributed by atoms with Gasteiger partial charge in [0, 0.05) is 48.2 Å². The number of nitrogens with zero attached hydrogens (tertiary/aromatic N) is 3. The fraction of sp³-hybridized carbons (Fsp3) is 0.214. The first-order chi connectivity index (χ1) is 18.1. The molecule has 2 aliphatic heterocycles. The molecule has 37 heavy (non-hydrogen) atoms. The Morgan fingerprint density at radius 3 is 2.86 bits per heavy atom. The minimum absolute atomic E-state index is 0.0882. The fourth-order valence-corrected chi connectivity index (χ4v) is 5.65. The van der Waals surface area contributed by atoms with Gasteiger partial charge in [0.05, 0.1) is 34.4 Å². The van der Waals surface area contributed by atoms with Crippen LogP contribution in [0.25, 0.3) is 10.2 Å². The summed E-state index contributed by atoms with van der Waals surface area (Å²) in [4.78, 5) is 35.6. The number of pyridine rings is 1. The number of amides is 1. The number of hydrogen-bond acceptors (Lipinski definition) is 8. The monoisotopic (exact) mass is 511 g/mol. The van der Waals surface area contributed by atoms with Gasteiger partial charge in [-0.25, -0.2) is 14.8 Å². The molecular weight excluding hydrogens is 486 g/mol. The van der Waals surface area contributed by atoms with Crippen LogP contribution in [0.15, 0.2) is 71.9 Å². The number of anilines is 3. The summed E-state index contributed by atoms with van der Waals surface area (Å²) in [5.41, 5.74) is 8.24. The van der Waals surface area contributed by atoms with Gasteiger partial charge in [0.15, 0.2) is 0 Å². The topological polar surface area (TPSA) is 96.5 Å². The van der Waals surface area contributed by atoms with Gasteiger partial charge in [-0.15, -0.1) is 11.3 Å². The lowest BCUT2D eigenvalue weighted by atomic mass is 9.96. The molecule has 0 aliphatic carbocycles. The van der Waals surface area contributed by atoms with Gasteiger partial charge in [-0.3, -0.25) is 4.79 Å². The normalized spacial score (nSPS) is 16.6. The Balaban J connectivity index is 1.14. The summed E-state index contributed by atoms with van der Waals surface area (Å²) in [5.74, 6) is 0.358. The second kappa shape index (κ2) is 9.67. The third-order valence-corrected chi connectivity index (χ3v) is 7.69. The minimum atomic E-state index is -0.450.